The molecule has 0 unspecified atom stereocenters. The zero-order chi connectivity index (χ0) is 24.5. The van der Waals surface area contributed by atoms with Crippen molar-refractivity contribution in [2.24, 2.45) is 0 Å². The summed E-state index contributed by atoms with van der Waals surface area (Å²) in [5.41, 5.74) is 4.19. The first-order chi connectivity index (χ1) is 17.1. The van der Waals surface area contributed by atoms with Gasteiger partial charge in [-0.3, -0.25) is 9.59 Å². The lowest BCUT2D eigenvalue weighted by molar-refractivity contribution is -0.111. The summed E-state index contributed by atoms with van der Waals surface area (Å²) in [6, 6.07) is 31.5. The van der Waals surface area contributed by atoms with Crippen LogP contribution in [0.15, 0.2) is 109 Å². The number of ether oxygens (including phenoxy) is 1. The number of nitrogens with one attached hydrogen (secondary N) is 3. The first-order valence-corrected chi connectivity index (χ1v) is 11.1. The van der Waals surface area contributed by atoms with Gasteiger partial charge in [0, 0.05) is 23.1 Å². The molecule has 0 aliphatic heterocycles. The molecule has 2 amide bonds. The molecule has 3 N–H and O–H groups in total. The molecule has 4 aromatic carbocycles. The Morgan fingerprint density at radius 1 is 0.686 bits per heavy atom. The summed E-state index contributed by atoms with van der Waals surface area (Å²) in [5, 5.41) is 8.97. The minimum absolute atomic E-state index is 0.316. The van der Waals surface area contributed by atoms with E-state index >= 15 is 0 Å². The van der Waals surface area contributed by atoms with E-state index in [1.807, 2.05) is 78.9 Å². The Morgan fingerprint density at radius 2 is 1.31 bits per heavy atom. The second kappa shape index (κ2) is 11.3. The number of hydrogen-bond acceptors (Lipinski definition) is 4. The largest absolute Gasteiger partial charge is 0.497 e. The number of amides is 2. The number of carbonyl (C=O) groups is 2. The molecule has 0 saturated heterocycles. The smallest absolute Gasteiger partial charge is 0.257 e. The number of rotatable bonds is 8. The van der Waals surface area contributed by atoms with Crippen molar-refractivity contribution in [1.82, 2.24) is 0 Å². The molecule has 4 aromatic rings. The van der Waals surface area contributed by atoms with Gasteiger partial charge in [-0.2, -0.15) is 0 Å². The van der Waals surface area contributed by atoms with Crippen LogP contribution in [-0.2, 0) is 4.79 Å². The molecule has 6 nitrogen and oxygen atoms in total. The summed E-state index contributed by atoms with van der Waals surface area (Å²) in [5.74, 6) is 0.0925. The lowest BCUT2D eigenvalue weighted by Crippen LogP contribution is -2.17. The SMILES string of the molecule is COc1ccc(/C=C/C(=O)Nc2ccccc2C(=O)Nc2ccc(Nc3ccccc3)cc2)cc1. The van der Waals surface area contributed by atoms with Gasteiger partial charge in [0.05, 0.1) is 18.4 Å². The van der Waals surface area contributed by atoms with E-state index in [9.17, 15) is 9.59 Å². The highest BCUT2D eigenvalue weighted by molar-refractivity contribution is 6.11. The molecular weight excluding hydrogens is 438 g/mol. The zero-order valence-corrected chi connectivity index (χ0v) is 19.2. The van der Waals surface area contributed by atoms with Crippen molar-refractivity contribution in [3.05, 3.63) is 120 Å². The van der Waals surface area contributed by atoms with Gasteiger partial charge in [0.15, 0.2) is 0 Å². The van der Waals surface area contributed by atoms with Gasteiger partial charge in [-0.05, 0) is 72.3 Å². The topological polar surface area (TPSA) is 79.5 Å². The van der Waals surface area contributed by atoms with Crippen molar-refractivity contribution in [3.8, 4) is 5.75 Å². The maximum Gasteiger partial charge on any atom is 0.257 e. The molecule has 4 rings (SSSR count). The summed E-state index contributed by atoms with van der Waals surface area (Å²) < 4.78 is 5.14. The van der Waals surface area contributed by atoms with Crippen molar-refractivity contribution in [3.63, 3.8) is 0 Å². The number of anilines is 4. The number of hydrogen-bond donors (Lipinski definition) is 3. The van der Waals surface area contributed by atoms with Crippen molar-refractivity contribution in [2.75, 3.05) is 23.1 Å². The molecule has 174 valence electrons. The Hall–Kier alpha value is -4.84. The van der Waals surface area contributed by atoms with Gasteiger partial charge in [0.2, 0.25) is 5.91 Å². The molecule has 0 aliphatic rings. The Morgan fingerprint density at radius 3 is 2.03 bits per heavy atom. The second-order valence-electron chi connectivity index (χ2n) is 7.66. The third-order valence-electron chi connectivity index (χ3n) is 5.18. The molecule has 0 aliphatic carbocycles. The molecule has 0 radical (unpaired) electrons. The van der Waals surface area contributed by atoms with Crippen LogP contribution < -0.4 is 20.7 Å². The van der Waals surface area contributed by atoms with E-state index < -0.39 is 0 Å². The van der Waals surface area contributed by atoms with Crippen LogP contribution in [0.3, 0.4) is 0 Å². The summed E-state index contributed by atoms with van der Waals surface area (Å²) >= 11 is 0. The van der Waals surface area contributed by atoms with Crippen LogP contribution >= 0.6 is 0 Å². The predicted molar refractivity (Wildman–Crippen MR) is 141 cm³/mol. The van der Waals surface area contributed by atoms with Crippen molar-refractivity contribution < 1.29 is 14.3 Å². The number of para-hydroxylation sites is 2. The van der Waals surface area contributed by atoms with Crippen molar-refractivity contribution in [2.45, 2.75) is 0 Å². The fraction of sp³-hybridized carbons (Fsp3) is 0.0345. The maximum atomic E-state index is 12.9. The van der Waals surface area contributed by atoms with E-state index in [0.29, 0.717) is 16.9 Å². The van der Waals surface area contributed by atoms with Crippen LogP contribution in [0, 0.1) is 0 Å². The third kappa shape index (κ3) is 6.58. The van der Waals surface area contributed by atoms with Crippen LogP contribution in [-0.4, -0.2) is 18.9 Å². The van der Waals surface area contributed by atoms with Crippen LogP contribution in [0.25, 0.3) is 6.08 Å². The lowest BCUT2D eigenvalue weighted by Gasteiger charge is -2.11. The fourth-order valence-corrected chi connectivity index (χ4v) is 3.37. The fourth-order valence-electron chi connectivity index (χ4n) is 3.37. The third-order valence-corrected chi connectivity index (χ3v) is 5.18. The van der Waals surface area contributed by atoms with Crippen LogP contribution in [0.1, 0.15) is 15.9 Å². The summed E-state index contributed by atoms with van der Waals surface area (Å²) in [7, 11) is 1.60. The van der Waals surface area contributed by atoms with Gasteiger partial charge in [-0.25, -0.2) is 0 Å². The Bertz CT molecular complexity index is 1320. The van der Waals surface area contributed by atoms with E-state index in [1.165, 1.54) is 6.08 Å². The van der Waals surface area contributed by atoms with Gasteiger partial charge < -0.3 is 20.7 Å². The van der Waals surface area contributed by atoms with Crippen molar-refractivity contribution >= 4 is 40.6 Å². The number of benzene rings is 4. The number of carbonyl (C=O) groups excluding carboxylic acids is 2. The summed E-state index contributed by atoms with van der Waals surface area (Å²) in [6.07, 6.45) is 3.12. The second-order valence-corrected chi connectivity index (χ2v) is 7.66. The van der Waals surface area contributed by atoms with Gasteiger partial charge in [0.25, 0.3) is 5.91 Å². The predicted octanol–water partition coefficient (Wildman–Crippen LogP) is 6.34. The highest BCUT2D eigenvalue weighted by Crippen LogP contribution is 2.21. The Balaban J connectivity index is 1.39. The number of methoxy groups -OCH3 is 1. The van der Waals surface area contributed by atoms with Crippen LogP contribution in [0.4, 0.5) is 22.7 Å². The highest BCUT2D eigenvalue weighted by atomic mass is 16.5. The van der Waals surface area contributed by atoms with Crippen molar-refractivity contribution in [1.29, 1.82) is 0 Å². The zero-order valence-electron chi connectivity index (χ0n) is 19.2. The normalized spacial score (nSPS) is 10.5. The average Bonchev–Trinajstić information content (AvgIpc) is 2.90. The monoisotopic (exact) mass is 463 g/mol. The van der Waals surface area contributed by atoms with E-state index in [0.717, 1.165) is 22.7 Å². The molecule has 0 spiro atoms. The summed E-state index contributed by atoms with van der Waals surface area (Å²) in [4.78, 5) is 25.4. The lowest BCUT2D eigenvalue weighted by atomic mass is 10.1. The standard InChI is InChI=1S/C29H25N3O3/c1-35-25-18-11-21(12-19-25)13-20-28(33)32-27-10-6-5-9-26(27)29(34)31-24-16-14-23(15-17-24)30-22-7-3-2-4-8-22/h2-20,30H,1H3,(H,31,34)(H,32,33)/b20-13+. The molecule has 35 heavy (non-hydrogen) atoms. The quantitative estimate of drug-likeness (QED) is 0.266. The first kappa shape index (κ1) is 23.3. The average molecular weight is 464 g/mol. The molecule has 0 saturated carbocycles. The first-order valence-electron chi connectivity index (χ1n) is 11.1. The molecule has 0 atom stereocenters. The molecule has 0 bridgehead atoms. The maximum absolute atomic E-state index is 12.9. The van der Waals surface area contributed by atoms with Crippen LogP contribution in [0.2, 0.25) is 0 Å². The molecular formula is C29H25N3O3. The highest BCUT2D eigenvalue weighted by Gasteiger charge is 2.12. The molecule has 0 fully saturated rings. The van der Waals surface area contributed by atoms with E-state index in [2.05, 4.69) is 16.0 Å². The Kier molecular flexibility index (Phi) is 7.56. The van der Waals surface area contributed by atoms with Gasteiger partial charge in [-0.15, -0.1) is 0 Å². The van der Waals surface area contributed by atoms with E-state index in [1.54, 1.807) is 37.5 Å². The molecule has 0 heterocycles. The minimum atomic E-state index is -0.336. The summed E-state index contributed by atoms with van der Waals surface area (Å²) in [6.45, 7) is 0. The molecule has 6 heteroatoms. The van der Waals surface area contributed by atoms with E-state index in [4.69, 9.17) is 4.74 Å². The van der Waals surface area contributed by atoms with Gasteiger partial charge in [-0.1, -0.05) is 42.5 Å². The van der Waals surface area contributed by atoms with Gasteiger partial charge in [0.1, 0.15) is 5.75 Å². The van der Waals surface area contributed by atoms with Gasteiger partial charge >= 0.3 is 0 Å². The minimum Gasteiger partial charge on any atom is -0.497 e. The molecule has 0 aromatic heterocycles. The van der Waals surface area contributed by atoms with E-state index in [-0.39, 0.29) is 11.8 Å². The van der Waals surface area contributed by atoms with Crippen LogP contribution in [0.5, 0.6) is 5.75 Å². The Labute approximate surface area is 204 Å².